The van der Waals surface area contributed by atoms with Crippen molar-refractivity contribution in [1.29, 1.82) is 0 Å². The molecule has 2 aromatic carbocycles. The number of aromatic nitrogens is 3. The van der Waals surface area contributed by atoms with E-state index in [4.69, 9.17) is 11.6 Å². The van der Waals surface area contributed by atoms with Crippen molar-refractivity contribution in [3.8, 4) is 5.69 Å². The number of halogens is 4. The molecule has 4 aromatic rings. The van der Waals surface area contributed by atoms with Crippen molar-refractivity contribution in [2.45, 2.75) is 19.0 Å². The van der Waals surface area contributed by atoms with Gasteiger partial charge in [0, 0.05) is 29.9 Å². The quantitative estimate of drug-likeness (QED) is 0.335. The molecule has 0 fully saturated rings. The highest BCUT2D eigenvalue weighted by Gasteiger charge is 2.36. The van der Waals surface area contributed by atoms with Gasteiger partial charge in [-0.15, -0.1) is 0 Å². The molecule has 0 aliphatic heterocycles. The van der Waals surface area contributed by atoms with E-state index in [0.717, 1.165) is 15.6 Å². The number of nitrogens with zero attached hydrogens (tertiary/aromatic N) is 4. The average molecular weight is 528 g/mol. The van der Waals surface area contributed by atoms with Gasteiger partial charge in [0.15, 0.2) is 5.69 Å². The fraction of sp³-hybridized carbons (Fsp3) is 0.154. The van der Waals surface area contributed by atoms with Gasteiger partial charge in [0.2, 0.25) is 5.91 Å². The van der Waals surface area contributed by atoms with Crippen LogP contribution in [0.3, 0.4) is 0 Å². The standard InChI is InChI=1S/C26H21ClF3N5O2/c1-16(18-11-12-22(31-15-18)32-24(36)17-7-4-3-5-8-17)25(37)34(2)23-14-21(26(28,29)30)33-35(23)20-10-6-9-19(27)13-20/h3-16H,1-2H3,(H,31,32,36). The minimum atomic E-state index is -4.71. The number of rotatable bonds is 6. The summed E-state index contributed by atoms with van der Waals surface area (Å²) in [4.78, 5) is 30.9. The second-order valence-electron chi connectivity index (χ2n) is 8.19. The molecule has 37 heavy (non-hydrogen) atoms. The van der Waals surface area contributed by atoms with Crippen molar-refractivity contribution in [2.75, 3.05) is 17.3 Å². The highest BCUT2D eigenvalue weighted by atomic mass is 35.5. The zero-order chi connectivity index (χ0) is 26.7. The Bertz CT molecular complexity index is 1420. The van der Waals surface area contributed by atoms with E-state index in [1.807, 2.05) is 0 Å². The Hall–Kier alpha value is -4.18. The van der Waals surface area contributed by atoms with Crippen LogP contribution in [0.15, 0.2) is 79.0 Å². The lowest BCUT2D eigenvalue weighted by Gasteiger charge is -2.22. The molecule has 0 aliphatic carbocycles. The third kappa shape index (κ3) is 5.80. The van der Waals surface area contributed by atoms with Crippen LogP contribution in [0.25, 0.3) is 5.69 Å². The van der Waals surface area contributed by atoms with Crippen molar-refractivity contribution in [1.82, 2.24) is 14.8 Å². The number of nitrogens with one attached hydrogen (secondary N) is 1. The van der Waals surface area contributed by atoms with Gasteiger partial charge in [0.25, 0.3) is 5.91 Å². The van der Waals surface area contributed by atoms with Crippen molar-refractivity contribution in [3.63, 3.8) is 0 Å². The third-order valence-electron chi connectivity index (χ3n) is 5.64. The number of likely N-dealkylation sites (N-methyl/N-ethyl adjacent to an activating group) is 1. The fourth-order valence-corrected chi connectivity index (χ4v) is 3.79. The molecule has 0 radical (unpaired) electrons. The van der Waals surface area contributed by atoms with E-state index in [-0.39, 0.29) is 17.4 Å². The Morgan fingerprint density at radius 3 is 2.38 bits per heavy atom. The Morgan fingerprint density at radius 2 is 1.76 bits per heavy atom. The maximum Gasteiger partial charge on any atom is 0.435 e. The summed E-state index contributed by atoms with van der Waals surface area (Å²) in [7, 11) is 1.37. The minimum absolute atomic E-state index is 0.0776. The predicted molar refractivity (Wildman–Crippen MR) is 134 cm³/mol. The van der Waals surface area contributed by atoms with Crippen molar-refractivity contribution < 1.29 is 22.8 Å². The molecule has 1 N–H and O–H groups in total. The number of carbonyl (C=O) groups excluding carboxylic acids is 2. The minimum Gasteiger partial charge on any atom is -0.307 e. The number of carbonyl (C=O) groups is 2. The molecule has 0 saturated heterocycles. The van der Waals surface area contributed by atoms with Gasteiger partial charge in [-0.2, -0.15) is 18.3 Å². The summed E-state index contributed by atoms with van der Waals surface area (Å²) in [5, 5.41) is 6.66. The number of benzene rings is 2. The molecule has 4 rings (SSSR count). The van der Waals surface area contributed by atoms with Gasteiger partial charge < -0.3 is 5.32 Å². The van der Waals surface area contributed by atoms with Crippen molar-refractivity contribution in [3.05, 3.63) is 101 Å². The molecule has 2 heterocycles. The fourth-order valence-electron chi connectivity index (χ4n) is 3.61. The summed E-state index contributed by atoms with van der Waals surface area (Å²) in [6.07, 6.45) is -3.27. The highest BCUT2D eigenvalue weighted by molar-refractivity contribution is 6.30. The van der Waals surface area contributed by atoms with Crippen molar-refractivity contribution >= 4 is 35.1 Å². The van der Waals surface area contributed by atoms with Crippen LogP contribution in [0, 0.1) is 0 Å². The van der Waals surface area contributed by atoms with E-state index >= 15 is 0 Å². The molecule has 190 valence electrons. The molecule has 1 atom stereocenters. The monoisotopic (exact) mass is 527 g/mol. The summed E-state index contributed by atoms with van der Waals surface area (Å²) >= 11 is 6.02. The average Bonchev–Trinajstić information content (AvgIpc) is 3.35. The van der Waals surface area contributed by atoms with Crippen LogP contribution in [0.2, 0.25) is 5.02 Å². The van der Waals surface area contributed by atoms with Crippen LogP contribution in [0.5, 0.6) is 0 Å². The first-order valence-corrected chi connectivity index (χ1v) is 11.5. The van der Waals surface area contributed by atoms with E-state index in [1.165, 1.54) is 25.4 Å². The zero-order valence-electron chi connectivity index (χ0n) is 19.7. The zero-order valence-corrected chi connectivity index (χ0v) is 20.5. The molecule has 7 nitrogen and oxygen atoms in total. The molecule has 2 aromatic heterocycles. The van der Waals surface area contributed by atoms with Crippen LogP contribution < -0.4 is 10.2 Å². The molecule has 1 unspecified atom stereocenters. The van der Waals surface area contributed by atoms with Crippen LogP contribution in [0.4, 0.5) is 24.8 Å². The lowest BCUT2D eigenvalue weighted by Crippen LogP contribution is -2.32. The largest absolute Gasteiger partial charge is 0.435 e. The number of pyridine rings is 1. The number of amides is 2. The predicted octanol–water partition coefficient (Wildman–Crippen LogP) is 5.96. The van der Waals surface area contributed by atoms with Crippen LogP contribution in [-0.2, 0) is 11.0 Å². The topological polar surface area (TPSA) is 80.1 Å². The van der Waals surface area contributed by atoms with E-state index in [0.29, 0.717) is 22.0 Å². The van der Waals surface area contributed by atoms with Gasteiger partial charge in [-0.1, -0.05) is 41.9 Å². The summed E-state index contributed by atoms with van der Waals surface area (Å²) in [6.45, 7) is 1.61. The lowest BCUT2D eigenvalue weighted by atomic mass is 10.0. The number of hydrogen-bond donors (Lipinski definition) is 1. The van der Waals surface area contributed by atoms with Crippen molar-refractivity contribution in [2.24, 2.45) is 0 Å². The third-order valence-corrected chi connectivity index (χ3v) is 5.88. The summed E-state index contributed by atoms with van der Waals surface area (Å²) in [5.41, 5.74) is 0.105. The Morgan fingerprint density at radius 1 is 1.03 bits per heavy atom. The van der Waals surface area contributed by atoms with Gasteiger partial charge in [-0.05, 0) is 48.9 Å². The molecule has 2 amide bonds. The number of hydrogen-bond acceptors (Lipinski definition) is 4. The first-order valence-electron chi connectivity index (χ1n) is 11.1. The molecule has 0 saturated carbocycles. The van der Waals surface area contributed by atoms with E-state index < -0.39 is 23.7 Å². The van der Waals surface area contributed by atoms with Gasteiger partial charge in [0.05, 0.1) is 11.6 Å². The molecular formula is C26H21ClF3N5O2. The first kappa shape index (κ1) is 25.9. The van der Waals surface area contributed by atoms with E-state index in [1.54, 1.807) is 61.5 Å². The molecule has 0 aliphatic rings. The summed E-state index contributed by atoms with van der Waals surface area (Å²) in [5.74, 6) is -1.36. The number of alkyl halides is 3. The normalized spacial score (nSPS) is 12.2. The van der Waals surface area contributed by atoms with Gasteiger partial charge in [-0.25, -0.2) is 9.67 Å². The number of anilines is 2. The Balaban J connectivity index is 1.56. The molecule has 0 spiro atoms. The molecule has 11 heteroatoms. The molecule has 0 bridgehead atoms. The van der Waals surface area contributed by atoms with E-state index in [9.17, 15) is 22.8 Å². The van der Waals surface area contributed by atoms with E-state index in [2.05, 4.69) is 15.4 Å². The second-order valence-corrected chi connectivity index (χ2v) is 8.63. The highest BCUT2D eigenvalue weighted by Crippen LogP contribution is 2.33. The summed E-state index contributed by atoms with van der Waals surface area (Å²) in [6, 6.07) is 18.7. The van der Waals surface area contributed by atoms with Gasteiger partial charge >= 0.3 is 6.18 Å². The maximum atomic E-state index is 13.5. The SMILES string of the molecule is CC(C(=O)N(C)c1cc(C(F)(F)F)nn1-c1cccc(Cl)c1)c1ccc(NC(=O)c2ccccc2)nc1. The second kappa shape index (κ2) is 10.4. The lowest BCUT2D eigenvalue weighted by molar-refractivity contribution is -0.141. The van der Waals surface area contributed by atoms with Gasteiger partial charge in [-0.3, -0.25) is 14.5 Å². The summed E-state index contributed by atoms with van der Waals surface area (Å²) < 4.78 is 41.4. The molecular weight excluding hydrogens is 507 g/mol. The first-order chi connectivity index (χ1) is 17.5. The smallest absolute Gasteiger partial charge is 0.307 e. The Labute approximate surface area is 215 Å². The van der Waals surface area contributed by atoms with Crippen LogP contribution in [-0.4, -0.2) is 33.6 Å². The van der Waals surface area contributed by atoms with Crippen LogP contribution in [0.1, 0.15) is 34.5 Å². The van der Waals surface area contributed by atoms with Crippen LogP contribution >= 0.6 is 11.6 Å². The Kier molecular flexibility index (Phi) is 7.30. The maximum absolute atomic E-state index is 13.5. The van der Waals surface area contributed by atoms with Gasteiger partial charge in [0.1, 0.15) is 11.6 Å².